The van der Waals surface area contributed by atoms with Crippen molar-refractivity contribution in [3.63, 3.8) is 0 Å². The Bertz CT molecular complexity index is 216. The Hall–Kier alpha value is -1.63. The second-order valence-corrected chi connectivity index (χ2v) is 2.94. The molecule has 0 aliphatic carbocycles. The van der Waals surface area contributed by atoms with Gasteiger partial charge in [0.25, 0.3) is 0 Å². The minimum atomic E-state index is -2.23. The maximum absolute atomic E-state index is 10.2. The van der Waals surface area contributed by atoms with E-state index < -0.39 is 42.8 Å². The Morgan fingerprint density at radius 1 is 0.786 bits per heavy atom. The summed E-state index contributed by atoms with van der Waals surface area (Å²) in [5.41, 5.74) is -2.23. The van der Waals surface area contributed by atoms with Crippen molar-refractivity contribution in [3.8, 4) is 0 Å². The lowest BCUT2D eigenvalue weighted by molar-refractivity contribution is -0.153. The highest BCUT2D eigenvalue weighted by molar-refractivity contribution is 5.76. The van der Waals surface area contributed by atoms with Crippen molar-refractivity contribution >= 4 is 17.9 Å². The number of rotatable bonds is 6. The molecule has 0 aliphatic rings. The average molecular weight is 206 g/mol. The molecule has 0 atom stereocenters. The van der Waals surface area contributed by atoms with Crippen LogP contribution in [0.3, 0.4) is 0 Å². The summed E-state index contributed by atoms with van der Waals surface area (Å²) in [4.78, 5) is 30.7. The van der Waals surface area contributed by atoms with E-state index in [1.54, 1.807) is 0 Å². The van der Waals surface area contributed by atoms with Gasteiger partial charge in [-0.1, -0.05) is 0 Å². The van der Waals surface area contributed by atoms with Crippen LogP contribution in [0.5, 0.6) is 0 Å². The molecule has 4 N–H and O–H groups in total. The molecule has 0 saturated heterocycles. The molecule has 0 fully saturated rings. The van der Waals surface area contributed by atoms with Gasteiger partial charge in [0.1, 0.15) is 0 Å². The topological polar surface area (TPSA) is 132 Å². The highest BCUT2D eigenvalue weighted by Crippen LogP contribution is 2.20. The van der Waals surface area contributed by atoms with Gasteiger partial charge < -0.3 is 20.4 Å². The molecule has 14 heavy (non-hydrogen) atoms. The largest absolute Gasteiger partial charge is 0.481 e. The first kappa shape index (κ1) is 12.4. The molecule has 0 aromatic carbocycles. The third-order valence-corrected chi connectivity index (χ3v) is 1.44. The molecule has 7 heteroatoms. The van der Waals surface area contributed by atoms with E-state index in [-0.39, 0.29) is 0 Å². The summed E-state index contributed by atoms with van der Waals surface area (Å²) in [7, 11) is 0. The standard InChI is InChI=1S/C7H10O7/c8-4(9)1-7(14,2-5(10)11)3-6(12)13/h14H,1-3H2,(H,8,9)(H,10,11)(H,12,13). The summed E-state index contributed by atoms with van der Waals surface area (Å²) in [6, 6.07) is 0. The molecule has 80 valence electrons. The molecule has 0 rings (SSSR count). The van der Waals surface area contributed by atoms with Gasteiger partial charge in [0.2, 0.25) is 0 Å². The lowest BCUT2D eigenvalue weighted by Gasteiger charge is -2.21. The maximum Gasteiger partial charge on any atom is 0.306 e. The summed E-state index contributed by atoms with van der Waals surface area (Å²) in [5.74, 6) is -4.35. The van der Waals surface area contributed by atoms with Gasteiger partial charge in [-0.05, 0) is 0 Å². The molecule has 0 spiro atoms. The van der Waals surface area contributed by atoms with E-state index in [1.807, 2.05) is 0 Å². The summed E-state index contributed by atoms with van der Waals surface area (Å²) in [5, 5.41) is 34.4. The zero-order valence-corrected chi connectivity index (χ0v) is 7.13. The molecular weight excluding hydrogens is 196 g/mol. The fourth-order valence-electron chi connectivity index (χ4n) is 1.03. The zero-order valence-electron chi connectivity index (χ0n) is 7.13. The predicted octanol–water partition coefficient (Wildman–Crippen LogP) is -0.858. The monoisotopic (exact) mass is 206 g/mol. The van der Waals surface area contributed by atoms with E-state index in [0.29, 0.717) is 0 Å². The van der Waals surface area contributed by atoms with Crippen LogP contribution < -0.4 is 0 Å². The number of aliphatic carboxylic acids is 3. The van der Waals surface area contributed by atoms with E-state index in [0.717, 1.165) is 0 Å². The first-order valence-electron chi connectivity index (χ1n) is 3.63. The molecule has 0 saturated carbocycles. The van der Waals surface area contributed by atoms with Crippen molar-refractivity contribution in [1.82, 2.24) is 0 Å². The Labute approximate surface area is 78.6 Å². The third-order valence-electron chi connectivity index (χ3n) is 1.44. The van der Waals surface area contributed by atoms with Gasteiger partial charge in [0, 0.05) is 0 Å². The van der Waals surface area contributed by atoms with E-state index in [1.165, 1.54) is 0 Å². The predicted molar refractivity (Wildman–Crippen MR) is 41.7 cm³/mol. The molecule has 0 bridgehead atoms. The highest BCUT2D eigenvalue weighted by Gasteiger charge is 2.35. The van der Waals surface area contributed by atoms with Crippen molar-refractivity contribution in [2.24, 2.45) is 0 Å². The van der Waals surface area contributed by atoms with Crippen LogP contribution in [0.25, 0.3) is 0 Å². The van der Waals surface area contributed by atoms with Crippen molar-refractivity contribution in [3.05, 3.63) is 0 Å². The molecule has 0 aromatic heterocycles. The minimum Gasteiger partial charge on any atom is -0.481 e. The zero-order chi connectivity index (χ0) is 11.4. The van der Waals surface area contributed by atoms with E-state index in [9.17, 15) is 19.5 Å². The molecule has 0 amide bonds. The number of hydrogen-bond donors (Lipinski definition) is 4. The van der Waals surface area contributed by atoms with Gasteiger partial charge >= 0.3 is 17.9 Å². The molecule has 0 unspecified atom stereocenters. The Morgan fingerprint density at radius 2 is 1.00 bits per heavy atom. The Kier molecular flexibility index (Phi) is 4.03. The van der Waals surface area contributed by atoms with E-state index >= 15 is 0 Å². The lowest BCUT2D eigenvalue weighted by Crippen LogP contribution is -2.36. The van der Waals surface area contributed by atoms with Crippen LogP contribution in [-0.2, 0) is 14.4 Å². The SMILES string of the molecule is O=C(O)CC(O)(CC(=O)O)CC(=O)O. The van der Waals surface area contributed by atoms with Crippen LogP contribution in [0.15, 0.2) is 0 Å². The van der Waals surface area contributed by atoms with Crippen molar-refractivity contribution in [2.75, 3.05) is 0 Å². The van der Waals surface area contributed by atoms with Gasteiger partial charge in [0.15, 0.2) is 0 Å². The van der Waals surface area contributed by atoms with Gasteiger partial charge in [0.05, 0.1) is 24.9 Å². The summed E-state index contributed by atoms with van der Waals surface area (Å²) >= 11 is 0. The number of carboxylic acid groups (broad SMARTS) is 3. The van der Waals surface area contributed by atoms with Crippen molar-refractivity contribution < 1.29 is 34.8 Å². The number of hydrogen-bond acceptors (Lipinski definition) is 4. The molecule has 7 nitrogen and oxygen atoms in total. The number of carbonyl (C=O) groups is 3. The van der Waals surface area contributed by atoms with Gasteiger partial charge in [-0.3, -0.25) is 14.4 Å². The first-order valence-corrected chi connectivity index (χ1v) is 3.63. The molecular formula is C7H10O7. The Morgan fingerprint density at radius 3 is 1.14 bits per heavy atom. The smallest absolute Gasteiger partial charge is 0.306 e. The average Bonchev–Trinajstić information content (AvgIpc) is 1.76. The van der Waals surface area contributed by atoms with Crippen molar-refractivity contribution in [2.45, 2.75) is 24.9 Å². The molecule has 0 aromatic rings. The van der Waals surface area contributed by atoms with E-state index in [4.69, 9.17) is 15.3 Å². The van der Waals surface area contributed by atoms with Crippen LogP contribution in [0, 0.1) is 0 Å². The molecule has 0 radical (unpaired) electrons. The minimum absolute atomic E-state index is 0.911. The normalized spacial score (nSPS) is 10.9. The van der Waals surface area contributed by atoms with Crippen LogP contribution in [-0.4, -0.2) is 43.9 Å². The fraction of sp³-hybridized carbons (Fsp3) is 0.571. The second kappa shape index (κ2) is 4.56. The maximum atomic E-state index is 10.2. The number of carboxylic acids is 3. The molecule has 0 aliphatic heterocycles. The van der Waals surface area contributed by atoms with Crippen LogP contribution in [0.2, 0.25) is 0 Å². The van der Waals surface area contributed by atoms with Gasteiger partial charge in [-0.2, -0.15) is 0 Å². The second-order valence-electron chi connectivity index (χ2n) is 2.94. The van der Waals surface area contributed by atoms with Crippen LogP contribution >= 0.6 is 0 Å². The van der Waals surface area contributed by atoms with Crippen molar-refractivity contribution in [1.29, 1.82) is 0 Å². The van der Waals surface area contributed by atoms with Crippen LogP contribution in [0.4, 0.5) is 0 Å². The Balaban J connectivity index is 4.56. The third kappa shape index (κ3) is 5.09. The summed E-state index contributed by atoms with van der Waals surface area (Å²) in [6.07, 6.45) is -2.73. The molecule has 0 heterocycles. The van der Waals surface area contributed by atoms with Gasteiger partial charge in [-0.15, -0.1) is 0 Å². The fourth-order valence-corrected chi connectivity index (χ4v) is 1.03. The summed E-state index contributed by atoms with van der Waals surface area (Å²) < 4.78 is 0. The quantitative estimate of drug-likeness (QED) is 0.444. The highest BCUT2D eigenvalue weighted by atomic mass is 16.4. The van der Waals surface area contributed by atoms with Gasteiger partial charge in [-0.25, -0.2) is 0 Å². The van der Waals surface area contributed by atoms with Crippen LogP contribution in [0.1, 0.15) is 19.3 Å². The lowest BCUT2D eigenvalue weighted by atomic mass is 9.92. The van der Waals surface area contributed by atoms with E-state index in [2.05, 4.69) is 0 Å². The number of aliphatic hydroxyl groups is 1. The summed E-state index contributed by atoms with van der Waals surface area (Å²) in [6.45, 7) is 0. The first-order chi connectivity index (χ1) is 6.25.